The minimum atomic E-state index is 0.504. The molecular weight excluding hydrogens is 232 g/mol. The van der Waals surface area contributed by atoms with Gasteiger partial charge in [-0.25, -0.2) is 4.98 Å². The van der Waals surface area contributed by atoms with E-state index in [9.17, 15) is 0 Å². The molecule has 0 saturated carbocycles. The SMILES string of the molecule is COc1cc(OC)c(CCc2cc(N)n[nH]2)cn1. The molecule has 0 atom stereocenters. The summed E-state index contributed by atoms with van der Waals surface area (Å²) in [6.45, 7) is 0. The highest BCUT2D eigenvalue weighted by atomic mass is 16.5. The average molecular weight is 248 g/mol. The first kappa shape index (κ1) is 12.2. The van der Waals surface area contributed by atoms with Crippen molar-refractivity contribution in [2.24, 2.45) is 0 Å². The first-order chi connectivity index (χ1) is 8.72. The van der Waals surface area contributed by atoms with E-state index in [4.69, 9.17) is 15.2 Å². The lowest BCUT2D eigenvalue weighted by Gasteiger charge is -2.08. The number of hydrogen-bond donors (Lipinski definition) is 2. The van der Waals surface area contributed by atoms with Gasteiger partial charge in [0.25, 0.3) is 0 Å². The first-order valence-corrected chi connectivity index (χ1v) is 5.59. The number of pyridine rings is 1. The molecule has 0 aliphatic rings. The van der Waals surface area contributed by atoms with Crippen molar-refractivity contribution in [3.8, 4) is 11.6 Å². The van der Waals surface area contributed by atoms with Gasteiger partial charge in [0.1, 0.15) is 11.6 Å². The second-order valence-corrected chi connectivity index (χ2v) is 3.86. The molecule has 2 aromatic heterocycles. The highest BCUT2D eigenvalue weighted by Gasteiger charge is 2.07. The normalized spacial score (nSPS) is 10.3. The van der Waals surface area contributed by atoms with Gasteiger partial charge in [-0.3, -0.25) is 5.10 Å². The number of nitrogens with one attached hydrogen (secondary N) is 1. The molecule has 0 aliphatic heterocycles. The highest BCUT2D eigenvalue weighted by molar-refractivity contribution is 5.36. The zero-order valence-corrected chi connectivity index (χ0v) is 10.4. The summed E-state index contributed by atoms with van der Waals surface area (Å²) >= 11 is 0. The average Bonchev–Trinajstić information content (AvgIpc) is 2.82. The molecule has 6 heteroatoms. The maximum absolute atomic E-state index is 5.55. The zero-order chi connectivity index (χ0) is 13.0. The number of nitrogens with zero attached hydrogens (tertiary/aromatic N) is 2. The van der Waals surface area contributed by atoms with E-state index < -0.39 is 0 Å². The standard InChI is InChI=1S/C12H16N4O2/c1-17-10-6-12(18-2)14-7-8(10)3-4-9-5-11(13)16-15-9/h5-7H,3-4H2,1-2H3,(H3,13,15,16). The van der Waals surface area contributed by atoms with Crippen LogP contribution < -0.4 is 15.2 Å². The Morgan fingerprint density at radius 2 is 2.06 bits per heavy atom. The molecule has 0 unspecified atom stereocenters. The van der Waals surface area contributed by atoms with E-state index >= 15 is 0 Å². The van der Waals surface area contributed by atoms with E-state index in [2.05, 4.69) is 15.2 Å². The molecule has 0 spiro atoms. The molecule has 0 amide bonds. The summed E-state index contributed by atoms with van der Waals surface area (Å²) in [6, 6.07) is 3.60. The number of nitrogen functional groups attached to an aromatic ring is 1. The minimum Gasteiger partial charge on any atom is -0.496 e. The summed E-state index contributed by atoms with van der Waals surface area (Å²) in [6.07, 6.45) is 3.35. The summed E-state index contributed by atoms with van der Waals surface area (Å²) in [7, 11) is 3.21. The quantitative estimate of drug-likeness (QED) is 0.830. The lowest BCUT2D eigenvalue weighted by Crippen LogP contribution is -1.98. The maximum Gasteiger partial charge on any atom is 0.216 e. The number of rotatable bonds is 5. The van der Waals surface area contributed by atoms with E-state index in [1.54, 1.807) is 26.5 Å². The van der Waals surface area contributed by atoms with Crippen molar-refractivity contribution < 1.29 is 9.47 Å². The van der Waals surface area contributed by atoms with Gasteiger partial charge in [0.15, 0.2) is 0 Å². The third kappa shape index (κ3) is 2.71. The largest absolute Gasteiger partial charge is 0.496 e. The topological polar surface area (TPSA) is 86.0 Å². The van der Waals surface area contributed by atoms with Crippen LogP contribution in [-0.4, -0.2) is 29.4 Å². The van der Waals surface area contributed by atoms with Crippen molar-refractivity contribution in [2.45, 2.75) is 12.8 Å². The van der Waals surface area contributed by atoms with Crippen LogP contribution in [-0.2, 0) is 12.8 Å². The Hall–Kier alpha value is -2.24. The van der Waals surface area contributed by atoms with Gasteiger partial charge in [-0.1, -0.05) is 0 Å². The summed E-state index contributed by atoms with van der Waals surface area (Å²) < 4.78 is 10.4. The van der Waals surface area contributed by atoms with Crippen LogP contribution >= 0.6 is 0 Å². The van der Waals surface area contributed by atoms with Crippen LogP contribution in [0.3, 0.4) is 0 Å². The molecule has 0 aliphatic carbocycles. The van der Waals surface area contributed by atoms with Crippen LogP contribution in [0.5, 0.6) is 11.6 Å². The van der Waals surface area contributed by atoms with Gasteiger partial charge >= 0.3 is 0 Å². The number of aryl methyl sites for hydroxylation is 2. The number of methoxy groups -OCH3 is 2. The van der Waals surface area contributed by atoms with E-state index in [0.717, 1.165) is 29.8 Å². The van der Waals surface area contributed by atoms with Gasteiger partial charge in [-0.05, 0) is 12.8 Å². The van der Waals surface area contributed by atoms with Crippen LogP contribution in [0.2, 0.25) is 0 Å². The van der Waals surface area contributed by atoms with E-state index in [1.807, 2.05) is 6.07 Å². The van der Waals surface area contributed by atoms with Crippen molar-refractivity contribution in [2.75, 3.05) is 20.0 Å². The lowest BCUT2D eigenvalue weighted by atomic mass is 10.1. The van der Waals surface area contributed by atoms with Gasteiger partial charge in [0.2, 0.25) is 5.88 Å². The fourth-order valence-corrected chi connectivity index (χ4v) is 1.71. The van der Waals surface area contributed by atoms with Crippen molar-refractivity contribution >= 4 is 5.82 Å². The number of aromatic amines is 1. The van der Waals surface area contributed by atoms with Gasteiger partial charge in [-0.15, -0.1) is 0 Å². The molecular formula is C12H16N4O2. The fourth-order valence-electron chi connectivity index (χ4n) is 1.71. The number of H-pyrrole nitrogens is 1. The summed E-state index contributed by atoms with van der Waals surface area (Å²) in [5, 5.41) is 6.76. The highest BCUT2D eigenvalue weighted by Crippen LogP contribution is 2.23. The molecule has 2 heterocycles. The van der Waals surface area contributed by atoms with Crippen molar-refractivity contribution in [3.63, 3.8) is 0 Å². The Kier molecular flexibility index (Phi) is 3.66. The Morgan fingerprint density at radius 1 is 1.22 bits per heavy atom. The van der Waals surface area contributed by atoms with Gasteiger partial charge < -0.3 is 15.2 Å². The molecule has 0 aromatic carbocycles. The molecule has 0 saturated heterocycles. The van der Waals surface area contributed by atoms with Crippen LogP contribution in [0.25, 0.3) is 0 Å². The van der Waals surface area contributed by atoms with Crippen LogP contribution in [0.1, 0.15) is 11.3 Å². The predicted octanol–water partition coefficient (Wildman–Crippen LogP) is 1.19. The molecule has 18 heavy (non-hydrogen) atoms. The maximum atomic E-state index is 5.55. The lowest BCUT2D eigenvalue weighted by molar-refractivity contribution is 0.379. The molecule has 0 bridgehead atoms. The monoisotopic (exact) mass is 248 g/mol. The number of nitrogens with two attached hydrogens (primary N) is 1. The number of hydrogen-bond acceptors (Lipinski definition) is 5. The summed E-state index contributed by atoms with van der Waals surface area (Å²) in [5.74, 6) is 1.82. The van der Waals surface area contributed by atoms with E-state index in [-0.39, 0.29) is 0 Å². The Bertz CT molecular complexity index is 525. The Morgan fingerprint density at radius 3 is 2.67 bits per heavy atom. The smallest absolute Gasteiger partial charge is 0.216 e. The fraction of sp³-hybridized carbons (Fsp3) is 0.333. The second kappa shape index (κ2) is 5.39. The molecule has 3 N–H and O–H groups in total. The number of aromatic nitrogens is 3. The third-order valence-electron chi connectivity index (χ3n) is 2.66. The van der Waals surface area contributed by atoms with E-state index in [0.29, 0.717) is 11.7 Å². The van der Waals surface area contributed by atoms with E-state index in [1.165, 1.54) is 0 Å². The van der Waals surface area contributed by atoms with Gasteiger partial charge in [0, 0.05) is 29.6 Å². The van der Waals surface area contributed by atoms with Crippen LogP contribution in [0.4, 0.5) is 5.82 Å². The van der Waals surface area contributed by atoms with Gasteiger partial charge in [-0.2, -0.15) is 5.10 Å². The molecule has 2 aromatic rings. The van der Waals surface area contributed by atoms with Crippen molar-refractivity contribution in [3.05, 3.63) is 29.6 Å². The Labute approximate surface area is 105 Å². The van der Waals surface area contributed by atoms with Gasteiger partial charge in [0.05, 0.1) is 14.2 Å². The number of ether oxygens (including phenoxy) is 2. The van der Waals surface area contributed by atoms with Crippen LogP contribution in [0, 0.1) is 0 Å². The van der Waals surface area contributed by atoms with Crippen molar-refractivity contribution in [1.29, 1.82) is 0 Å². The molecule has 2 rings (SSSR count). The Balaban J connectivity index is 2.08. The molecule has 96 valence electrons. The first-order valence-electron chi connectivity index (χ1n) is 5.59. The number of anilines is 1. The van der Waals surface area contributed by atoms with Crippen molar-refractivity contribution in [1.82, 2.24) is 15.2 Å². The second-order valence-electron chi connectivity index (χ2n) is 3.86. The molecule has 0 fully saturated rings. The molecule has 6 nitrogen and oxygen atoms in total. The minimum absolute atomic E-state index is 0.504. The summed E-state index contributed by atoms with van der Waals surface area (Å²) in [4.78, 5) is 4.17. The van der Waals surface area contributed by atoms with Crippen LogP contribution in [0.15, 0.2) is 18.3 Å². The zero-order valence-electron chi connectivity index (χ0n) is 10.4. The molecule has 0 radical (unpaired) electrons. The third-order valence-corrected chi connectivity index (χ3v) is 2.66. The summed E-state index contributed by atoms with van der Waals surface area (Å²) in [5.41, 5.74) is 7.56. The predicted molar refractivity (Wildman–Crippen MR) is 67.7 cm³/mol.